The highest BCUT2D eigenvalue weighted by Crippen LogP contribution is 2.18. The summed E-state index contributed by atoms with van der Waals surface area (Å²) in [7, 11) is 0. The number of nitro groups is 1. The molecule has 1 aromatic heterocycles. The van der Waals surface area contributed by atoms with Crippen molar-refractivity contribution in [1.82, 2.24) is 9.88 Å². The number of nitro benzene ring substituents is 1. The molecule has 0 atom stereocenters. The molecule has 2 aromatic carbocycles. The lowest BCUT2D eigenvalue weighted by atomic mass is 10.1. The fourth-order valence-corrected chi connectivity index (χ4v) is 2.81. The Morgan fingerprint density at radius 2 is 1.78 bits per heavy atom. The summed E-state index contributed by atoms with van der Waals surface area (Å²) in [5, 5.41) is 10.8. The van der Waals surface area contributed by atoms with Gasteiger partial charge >= 0.3 is 0 Å². The molecule has 136 valence electrons. The van der Waals surface area contributed by atoms with Crippen molar-refractivity contribution in [3.05, 3.63) is 105 Å². The molecule has 0 saturated heterocycles. The molecule has 6 heteroatoms. The first kappa shape index (κ1) is 18.3. The van der Waals surface area contributed by atoms with E-state index in [2.05, 4.69) is 4.98 Å². The number of amides is 1. The van der Waals surface area contributed by atoms with Gasteiger partial charge in [0, 0.05) is 43.2 Å². The predicted molar refractivity (Wildman–Crippen MR) is 102 cm³/mol. The van der Waals surface area contributed by atoms with Crippen LogP contribution in [0, 0.1) is 17.0 Å². The van der Waals surface area contributed by atoms with Crippen LogP contribution in [0.5, 0.6) is 0 Å². The summed E-state index contributed by atoms with van der Waals surface area (Å²) in [6.45, 7) is 2.85. The lowest BCUT2D eigenvalue weighted by Crippen LogP contribution is -2.30. The van der Waals surface area contributed by atoms with E-state index < -0.39 is 4.92 Å². The van der Waals surface area contributed by atoms with Gasteiger partial charge in [-0.05, 0) is 41.8 Å². The van der Waals surface area contributed by atoms with E-state index in [1.54, 1.807) is 17.3 Å². The van der Waals surface area contributed by atoms with Gasteiger partial charge in [0.25, 0.3) is 11.6 Å². The SMILES string of the molecule is Cc1ccccc1CN(Cc1cccnc1)C(=O)c1ccc([N+](=O)[O-])cc1. The third-order valence-corrected chi connectivity index (χ3v) is 4.33. The number of nitrogens with zero attached hydrogens (tertiary/aromatic N) is 3. The molecule has 0 spiro atoms. The van der Waals surface area contributed by atoms with Gasteiger partial charge in [0.2, 0.25) is 0 Å². The molecule has 0 radical (unpaired) electrons. The number of rotatable bonds is 6. The van der Waals surface area contributed by atoms with Crippen molar-refractivity contribution in [3.63, 3.8) is 0 Å². The summed E-state index contributed by atoms with van der Waals surface area (Å²) >= 11 is 0. The highest BCUT2D eigenvalue weighted by Gasteiger charge is 2.18. The van der Waals surface area contributed by atoms with Crippen LogP contribution in [0.4, 0.5) is 5.69 Å². The predicted octanol–water partition coefficient (Wildman–Crippen LogP) is 4.14. The van der Waals surface area contributed by atoms with Crippen LogP contribution in [0.25, 0.3) is 0 Å². The third kappa shape index (κ3) is 4.55. The molecule has 0 aliphatic heterocycles. The number of hydrogen-bond donors (Lipinski definition) is 0. The average molecular weight is 361 g/mol. The van der Waals surface area contributed by atoms with Gasteiger partial charge in [-0.3, -0.25) is 19.9 Å². The highest BCUT2D eigenvalue weighted by atomic mass is 16.6. The Morgan fingerprint density at radius 3 is 2.41 bits per heavy atom. The maximum absolute atomic E-state index is 13.1. The van der Waals surface area contributed by atoms with Gasteiger partial charge in [0.15, 0.2) is 0 Å². The van der Waals surface area contributed by atoms with Crippen molar-refractivity contribution >= 4 is 11.6 Å². The van der Waals surface area contributed by atoms with Crippen molar-refractivity contribution in [1.29, 1.82) is 0 Å². The van der Waals surface area contributed by atoms with Gasteiger partial charge in [-0.25, -0.2) is 0 Å². The standard InChI is InChI=1S/C21H19N3O3/c1-16-5-2-3-7-19(16)15-23(14-17-6-4-12-22-13-17)21(25)18-8-10-20(11-9-18)24(26)27/h2-13H,14-15H2,1H3. The quantitative estimate of drug-likeness (QED) is 0.488. The molecule has 6 nitrogen and oxygen atoms in total. The minimum Gasteiger partial charge on any atom is -0.330 e. The topological polar surface area (TPSA) is 76.3 Å². The zero-order valence-corrected chi connectivity index (χ0v) is 14.9. The number of non-ortho nitro benzene ring substituents is 1. The van der Waals surface area contributed by atoms with Crippen molar-refractivity contribution in [3.8, 4) is 0 Å². The molecule has 1 heterocycles. The maximum atomic E-state index is 13.1. The minimum atomic E-state index is -0.477. The molecule has 0 bridgehead atoms. The van der Waals surface area contributed by atoms with Crippen LogP contribution in [-0.2, 0) is 13.1 Å². The van der Waals surface area contributed by atoms with Gasteiger partial charge < -0.3 is 4.90 Å². The summed E-state index contributed by atoms with van der Waals surface area (Å²) in [5.41, 5.74) is 3.45. The molecule has 1 amide bonds. The van der Waals surface area contributed by atoms with Crippen LogP contribution >= 0.6 is 0 Å². The molecular weight excluding hydrogens is 342 g/mol. The van der Waals surface area contributed by atoms with E-state index in [0.717, 1.165) is 16.7 Å². The molecule has 0 N–H and O–H groups in total. The Labute approximate surface area is 157 Å². The molecule has 0 unspecified atom stereocenters. The van der Waals surface area contributed by atoms with Crippen molar-refractivity contribution in [2.75, 3.05) is 0 Å². The van der Waals surface area contributed by atoms with Crippen molar-refractivity contribution in [2.24, 2.45) is 0 Å². The second kappa shape index (κ2) is 8.23. The molecule has 0 aliphatic carbocycles. The normalized spacial score (nSPS) is 10.4. The number of aryl methyl sites for hydroxylation is 1. The second-order valence-corrected chi connectivity index (χ2v) is 6.25. The minimum absolute atomic E-state index is 0.0377. The highest BCUT2D eigenvalue weighted by molar-refractivity contribution is 5.94. The number of pyridine rings is 1. The monoisotopic (exact) mass is 361 g/mol. The van der Waals surface area contributed by atoms with Crippen LogP contribution in [0.2, 0.25) is 0 Å². The van der Waals surface area contributed by atoms with Gasteiger partial charge in [-0.1, -0.05) is 30.3 Å². The Morgan fingerprint density at radius 1 is 1.04 bits per heavy atom. The molecular formula is C21H19N3O3. The van der Waals surface area contributed by atoms with E-state index in [9.17, 15) is 14.9 Å². The Balaban J connectivity index is 1.89. The maximum Gasteiger partial charge on any atom is 0.269 e. The van der Waals surface area contributed by atoms with E-state index in [4.69, 9.17) is 0 Å². The molecule has 0 fully saturated rings. The largest absolute Gasteiger partial charge is 0.330 e. The first-order valence-corrected chi connectivity index (χ1v) is 8.52. The lowest BCUT2D eigenvalue weighted by molar-refractivity contribution is -0.384. The molecule has 3 rings (SSSR count). The molecule has 27 heavy (non-hydrogen) atoms. The van der Waals surface area contributed by atoms with Crippen LogP contribution in [-0.4, -0.2) is 20.7 Å². The van der Waals surface area contributed by atoms with Crippen LogP contribution in [0.15, 0.2) is 73.1 Å². The molecule has 3 aromatic rings. The third-order valence-electron chi connectivity index (χ3n) is 4.33. The number of benzene rings is 2. The summed E-state index contributed by atoms with van der Waals surface area (Å²) in [6, 6.07) is 17.3. The van der Waals surface area contributed by atoms with E-state index in [0.29, 0.717) is 18.7 Å². The molecule has 0 aliphatic rings. The number of hydrogen-bond acceptors (Lipinski definition) is 4. The Bertz CT molecular complexity index is 940. The zero-order valence-electron chi connectivity index (χ0n) is 14.9. The summed E-state index contributed by atoms with van der Waals surface area (Å²) < 4.78 is 0. The van der Waals surface area contributed by atoms with E-state index in [1.165, 1.54) is 24.3 Å². The van der Waals surface area contributed by atoms with Gasteiger partial charge in [-0.2, -0.15) is 0 Å². The number of carbonyl (C=O) groups excluding carboxylic acids is 1. The van der Waals surface area contributed by atoms with E-state index in [1.807, 2.05) is 43.3 Å². The summed E-state index contributed by atoms with van der Waals surface area (Å²) in [4.78, 5) is 29.3. The van der Waals surface area contributed by atoms with Gasteiger partial charge in [-0.15, -0.1) is 0 Å². The Hall–Kier alpha value is -3.54. The van der Waals surface area contributed by atoms with Gasteiger partial charge in [0.1, 0.15) is 0 Å². The van der Waals surface area contributed by atoms with E-state index >= 15 is 0 Å². The van der Waals surface area contributed by atoms with Crippen LogP contribution in [0.1, 0.15) is 27.0 Å². The first-order valence-electron chi connectivity index (χ1n) is 8.52. The van der Waals surface area contributed by atoms with Crippen molar-refractivity contribution in [2.45, 2.75) is 20.0 Å². The van der Waals surface area contributed by atoms with Crippen LogP contribution in [0.3, 0.4) is 0 Å². The lowest BCUT2D eigenvalue weighted by Gasteiger charge is -2.24. The summed E-state index contributed by atoms with van der Waals surface area (Å²) in [6.07, 6.45) is 3.42. The smallest absolute Gasteiger partial charge is 0.269 e. The fourth-order valence-electron chi connectivity index (χ4n) is 2.81. The Kier molecular flexibility index (Phi) is 5.56. The van der Waals surface area contributed by atoms with E-state index in [-0.39, 0.29) is 11.6 Å². The van der Waals surface area contributed by atoms with Gasteiger partial charge in [0.05, 0.1) is 4.92 Å². The number of carbonyl (C=O) groups is 1. The summed E-state index contributed by atoms with van der Waals surface area (Å²) in [5.74, 6) is -0.183. The molecule has 0 saturated carbocycles. The zero-order chi connectivity index (χ0) is 19.2. The average Bonchev–Trinajstić information content (AvgIpc) is 2.69. The van der Waals surface area contributed by atoms with Crippen molar-refractivity contribution < 1.29 is 9.72 Å². The second-order valence-electron chi connectivity index (χ2n) is 6.25. The van der Waals surface area contributed by atoms with Crippen LogP contribution < -0.4 is 0 Å². The number of aromatic nitrogens is 1. The fraction of sp³-hybridized carbons (Fsp3) is 0.143. The first-order chi connectivity index (χ1) is 13.0.